The molecule has 1 fully saturated rings. The molecular weight excluding hydrogens is 246 g/mol. The second-order valence-electron chi connectivity index (χ2n) is 5.08. The summed E-state index contributed by atoms with van der Waals surface area (Å²) in [5, 5.41) is 0.975. The molecule has 0 spiro atoms. The second kappa shape index (κ2) is 5.80. The minimum absolute atomic E-state index is 0.716. The molecule has 1 saturated heterocycles. The Balaban J connectivity index is 2.02. The fourth-order valence-corrected chi connectivity index (χ4v) is 3.44. The van der Waals surface area contributed by atoms with Gasteiger partial charge in [-0.05, 0) is 32.4 Å². The lowest BCUT2D eigenvalue weighted by atomic mass is 10.1. The minimum Gasteiger partial charge on any atom is -0.351 e. The van der Waals surface area contributed by atoms with E-state index >= 15 is 0 Å². The molecule has 18 heavy (non-hydrogen) atoms. The highest BCUT2D eigenvalue weighted by atomic mass is 32.1. The Morgan fingerprint density at radius 1 is 1.61 bits per heavy atom. The quantitative estimate of drug-likeness (QED) is 0.764. The number of anilines is 1. The summed E-state index contributed by atoms with van der Waals surface area (Å²) in [5.74, 6) is 0.716. The van der Waals surface area contributed by atoms with Crippen LogP contribution in [0.25, 0.3) is 0 Å². The van der Waals surface area contributed by atoms with E-state index in [0.29, 0.717) is 5.92 Å². The summed E-state index contributed by atoms with van der Waals surface area (Å²) < 4.78 is 0. The van der Waals surface area contributed by atoms with Crippen LogP contribution in [-0.4, -0.2) is 49.9 Å². The Morgan fingerprint density at radius 3 is 2.89 bits per heavy atom. The molecule has 5 heteroatoms. The summed E-state index contributed by atoms with van der Waals surface area (Å²) in [7, 11) is 4.24. The fourth-order valence-electron chi connectivity index (χ4n) is 2.50. The van der Waals surface area contributed by atoms with E-state index in [2.05, 4.69) is 28.9 Å². The maximum absolute atomic E-state index is 11.0. The Morgan fingerprint density at radius 2 is 2.39 bits per heavy atom. The zero-order chi connectivity index (χ0) is 13.1. The molecule has 0 radical (unpaired) electrons. The van der Waals surface area contributed by atoms with Gasteiger partial charge in [-0.1, -0.05) is 18.3 Å². The predicted octanol–water partition coefficient (Wildman–Crippen LogP) is 1.91. The van der Waals surface area contributed by atoms with Crippen molar-refractivity contribution in [2.75, 3.05) is 38.6 Å². The molecule has 0 aliphatic carbocycles. The maximum Gasteiger partial charge on any atom is 0.185 e. The number of hydrogen-bond acceptors (Lipinski definition) is 5. The standard InChI is InChI=1S/C13H21N3OS/c1-4-11-12(9-17)18-13(14-11)16(3)8-10-5-6-15(2)7-10/h9-10H,4-8H2,1-3H3. The molecule has 0 N–H and O–H groups in total. The highest BCUT2D eigenvalue weighted by Crippen LogP contribution is 2.26. The highest BCUT2D eigenvalue weighted by molar-refractivity contribution is 7.17. The summed E-state index contributed by atoms with van der Waals surface area (Å²) >= 11 is 1.51. The number of nitrogens with zero attached hydrogens (tertiary/aromatic N) is 3. The number of likely N-dealkylation sites (tertiary alicyclic amines) is 1. The van der Waals surface area contributed by atoms with Crippen molar-refractivity contribution in [2.24, 2.45) is 5.92 Å². The summed E-state index contributed by atoms with van der Waals surface area (Å²) in [4.78, 5) is 20.9. The van der Waals surface area contributed by atoms with Crippen LogP contribution in [0.15, 0.2) is 0 Å². The maximum atomic E-state index is 11.0. The normalized spacial score (nSPS) is 20.3. The van der Waals surface area contributed by atoms with Gasteiger partial charge in [0.2, 0.25) is 0 Å². The van der Waals surface area contributed by atoms with E-state index in [1.165, 1.54) is 24.3 Å². The first kappa shape index (κ1) is 13.5. The fraction of sp³-hybridized carbons (Fsp3) is 0.692. The van der Waals surface area contributed by atoms with Crippen molar-refractivity contribution in [1.82, 2.24) is 9.88 Å². The lowest BCUT2D eigenvalue weighted by Gasteiger charge is -2.20. The lowest BCUT2D eigenvalue weighted by molar-refractivity contribution is 0.112. The smallest absolute Gasteiger partial charge is 0.185 e. The van der Waals surface area contributed by atoms with E-state index in [1.54, 1.807) is 0 Å². The molecule has 0 aromatic carbocycles. The van der Waals surface area contributed by atoms with Gasteiger partial charge in [0, 0.05) is 20.1 Å². The third-order valence-electron chi connectivity index (χ3n) is 3.51. The van der Waals surface area contributed by atoms with Crippen molar-refractivity contribution in [1.29, 1.82) is 0 Å². The van der Waals surface area contributed by atoms with Crippen LogP contribution in [0.5, 0.6) is 0 Å². The zero-order valence-electron chi connectivity index (χ0n) is 11.3. The van der Waals surface area contributed by atoms with Crippen molar-refractivity contribution in [3.05, 3.63) is 10.6 Å². The third-order valence-corrected chi connectivity index (χ3v) is 4.64. The average Bonchev–Trinajstić information content (AvgIpc) is 2.95. The van der Waals surface area contributed by atoms with Gasteiger partial charge in [0.15, 0.2) is 11.4 Å². The van der Waals surface area contributed by atoms with Crippen LogP contribution >= 0.6 is 11.3 Å². The van der Waals surface area contributed by atoms with Gasteiger partial charge in [0.1, 0.15) is 0 Å². The molecule has 0 saturated carbocycles. The number of aromatic nitrogens is 1. The molecular formula is C13H21N3OS. The molecule has 1 aliphatic rings. The average molecular weight is 267 g/mol. The zero-order valence-corrected chi connectivity index (χ0v) is 12.2. The molecule has 0 bridgehead atoms. The third kappa shape index (κ3) is 2.90. The van der Waals surface area contributed by atoms with E-state index < -0.39 is 0 Å². The summed E-state index contributed by atoms with van der Waals surface area (Å²) in [5.41, 5.74) is 0.931. The topological polar surface area (TPSA) is 36.4 Å². The molecule has 1 aromatic heterocycles. The molecule has 2 rings (SSSR count). The van der Waals surface area contributed by atoms with Gasteiger partial charge in [-0.2, -0.15) is 0 Å². The van der Waals surface area contributed by atoms with Gasteiger partial charge >= 0.3 is 0 Å². The van der Waals surface area contributed by atoms with Crippen molar-refractivity contribution in [3.8, 4) is 0 Å². The van der Waals surface area contributed by atoms with Crippen LogP contribution in [0.4, 0.5) is 5.13 Å². The molecule has 100 valence electrons. The van der Waals surface area contributed by atoms with Crippen molar-refractivity contribution < 1.29 is 4.79 Å². The molecule has 1 atom stereocenters. The minimum atomic E-state index is 0.716. The molecule has 2 heterocycles. The second-order valence-corrected chi connectivity index (χ2v) is 6.09. The van der Waals surface area contributed by atoms with Crippen LogP contribution in [0.3, 0.4) is 0 Å². The molecule has 0 amide bonds. The highest BCUT2D eigenvalue weighted by Gasteiger charge is 2.22. The van der Waals surface area contributed by atoms with E-state index in [-0.39, 0.29) is 0 Å². The van der Waals surface area contributed by atoms with Gasteiger partial charge in [-0.25, -0.2) is 4.98 Å². The van der Waals surface area contributed by atoms with E-state index in [4.69, 9.17) is 0 Å². The summed E-state index contributed by atoms with van der Waals surface area (Å²) in [6.45, 7) is 5.42. The Labute approximate surface area is 113 Å². The number of hydrogen-bond donors (Lipinski definition) is 0. The number of carbonyl (C=O) groups excluding carboxylic acids is 1. The monoisotopic (exact) mass is 267 g/mol. The summed E-state index contributed by atoms with van der Waals surface area (Å²) in [6, 6.07) is 0. The lowest BCUT2D eigenvalue weighted by Crippen LogP contribution is -2.27. The molecule has 1 aromatic rings. The van der Waals surface area contributed by atoms with Crippen LogP contribution in [0, 0.1) is 5.92 Å². The Bertz CT molecular complexity index is 418. The van der Waals surface area contributed by atoms with Gasteiger partial charge in [0.05, 0.1) is 10.6 Å². The first-order chi connectivity index (χ1) is 8.63. The van der Waals surface area contributed by atoms with E-state index in [1.807, 2.05) is 6.92 Å². The molecule has 1 unspecified atom stereocenters. The first-order valence-electron chi connectivity index (χ1n) is 6.48. The van der Waals surface area contributed by atoms with Gasteiger partial charge in [-0.3, -0.25) is 4.79 Å². The van der Waals surface area contributed by atoms with Gasteiger partial charge < -0.3 is 9.80 Å². The number of aldehydes is 1. The van der Waals surface area contributed by atoms with Crippen molar-refractivity contribution >= 4 is 22.8 Å². The van der Waals surface area contributed by atoms with Crippen LogP contribution in [0.2, 0.25) is 0 Å². The van der Waals surface area contributed by atoms with Gasteiger partial charge in [0.25, 0.3) is 0 Å². The number of thiazole rings is 1. The SMILES string of the molecule is CCc1nc(N(C)CC2CCN(C)C2)sc1C=O. The Kier molecular flexibility index (Phi) is 4.35. The number of rotatable bonds is 5. The Hall–Kier alpha value is -0.940. The van der Waals surface area contributed by atoms with Gasteiger partial charge in [-0.15, -0.1) is 0 Å². The molecule has 1 aliphatic heterocycles. The number of aryl methyl sites for hydroxylation is 1. The van der Waals surface area contributed by atoms with Crippen LogP contribution in [-0.2, 0) is 6.42 Å². The van der Waals surface area contributed by atoms with Crippen molar-refractivity contribution in [2.45, 2.75) is 19.8 Å². The first-order valence-corrected chi connectivity index (χ1v) is 7.30. The van der Waals surface area contributed by atoms with Crippen molar-refractivity contribution in [3.63, 3.8) is 0 Å². The van der Waals surface area contributed by atoms with Crippen LogP contribution in [0.1, 0.15) is 28.7 Å². The van der Waals surface area contributed by atoms with E-state index in [9.17, 15) is 4.79 Å². The summed E-state index contributed by atoms with van der Waals surface area (Å²) in [6.07, 6.45) is 3.01. The number of carbonyl (C=O) groups is 1. The van der Waals surface area contributed by atoms with E-state index in [0.717, 1.165) is 41.5 Å². The molecule has 4 nitrogen and oxygen atoms in total. The largest absolute Gasteiger partial charge is 0.351 e. The van der Waals surface area contributed by atoms with Crippen LogP contribution < -0.4 is 4.90 Å². The predicted molar refractivity (Wildman–Crippen MR) is 75.8 cm³/mol.